The molecule has 0 saturated heterocycles. The van der Waals surface area contributed by atoms with Crippen LogP contribution in [0.2, 0.25) is 0 Å². The molecule has 222 valence electrons. The van der Waals surface area contributed by atoms with Gasteiger partial charge in [-0.3, -0.25) is 4.79 Å². The number of phenolic OH excluding ortho intramolecular Hbond substituents is 5. The van der Waals surface area contributed by atoms with Crippen LogP contribution >= 0.6 is 0 Å². The van der Waals surface area contributed by atoms with Gasteiger partial charge in [0.1, 0.15) is 40.1 Å². The summed E-state index contributed by atoms with van der Waals surface area (Å²) in [6, 6.07) is 20.5. The van der Waals surface area contributed by atoms with Crippen LogP contribution in [0.3, 0.4) is 0 Å². The van der Waals surface area contributed by atoms with Gasteiger partial charge in [-0.2, -0.15) is 0 Å². The van der Waals surface area contributed by atoms with Gasteiger partial charge >= 0.3 is 0 Å². The first-order chi connectivity index (χ1) is 20.7. The molecule has 0 aliphatic carbocycles. The zero-order valence-corrected chi connectivity index (χ0v) is 23.6. The number of ketones is 1. The van der Waals surface area contributed by atoms with Crippen molar-refractivity contribution in [1.82, 2.24) is 0 Å². The number of hydrogen-bond acceptors (Lipinski definition) is 8. The molecular formula is C35H34O8. The average Bonchev–Trinajstić information content (AvgIpc) is 2.99. The molecule has 0 aliphatic rings. The quantitative estimate of drug-likeness (QED) is 0.0658. The normalized spacial score (nSPS) is 12.9. The van der Waals surface area contributed by atoms with Gasteiger partial charge in [0.2, 0.25) is 0 Å². The van der Waals surface area contributed by atoms with Gasteiger partial charge in [-0.05, 0) is 78.4 Å². The monoisotopic (exact) mass is 582 g/mol. The number of methoxy groups -OCH3 is 1. The molecule has 8 nitrogen and oxygen atoms in total. The Morgan fingerprint density at radius 3 is 2.02 bits per heavy atom. The predicted octanol–water partition coefficient (Wildman–Crippen LogP) is 6.19. The van der Waals surface area contributed by atoms with Gasteiger partial charge in [-0.1, -0.05) is 54.6 Å². The maximum Gasteiger partial charge on any atom is 0.193 e. The van der Waals surface area contributed by atoms with Crippen molar-refractivity contribution in [1.29, 1.82) is 0 Å². The highest BCUT2D eigenvalue weighted by Crippen LogP contribution is 2.45. The fraction of sp³-hybridized carbons (Fsp3) is 0.171. The van der Waals surface area contributed by atoms with E-state index in [0.717, 1.165) is 5.56 Å². The number of aromatic hydroxyl groups is 5. The summed E-state index contributed by atoms with van der Waals surface area (Å²) in [6.07, 6.45) is 6.96. The van der Waals surface area contributed by atoms with Crippen LogP contribution in [-0.2, 0) is 6.42 Å². The van der Waals surface area contributed by atoms with E-state index in [9.17, 15) is 35.4 Å². The SMILES string of the molecule is COc1cc(O)c([C@@H](C=CC[C@@H](O)CCc2ccc(O)cc2)c2ccc(O)cc2)c(O)c1C(=O)C=Cc1ccc(O)cc1. The van der Waals surface area contributed by atoms with Gasteiger partial charge in [-0.15, -0.1) is 0 Å². The summed E-state index contributed by atoms with van der Waals surface area (Å²) >= 11 is 0. The fourth-order valence-corrected chi connectivity index (χ4v) is 4.73. The Labute approximate surface area is 249 Å². The smallest absolute Gasteiger partial charge is 0.193 e. The van der Waals surface area contributed by atoms with E-state index in [0.29, 0.717) is 24.0 Å². The van der Waals surface area contributed by atoms with Crippen molar-refractivity contribution in [3.05, 3.63) is 125 Å². The fourth-order valence-electron chi connectivity index (χ4n) is 4.73. The Bertz CT molecular complexity index is 1590. The van der Waals surface area contributed by atoms with Gasteiger partial charge in [0.15, 0.2) is 5.78 Å². The van der Waals surface area contributed by atoms with E-state index in [4.69, 9.17) is 4.74 Å². The third-order valence-corrected chi connectivity index (χ3v) is 7.07. The first kappa shape index (κ1) is 30.7. The first-order valence-electron chi connectivity index (χ1n) is 13.7. The van der Waals surface area contributed by atoms with Gasteiger partial charge in [0.25, 0.3) is 0 Å². The summed E-state index contributed by atoms with van der Waals surface area (Å²) in [7, 11) is 1.32. The van der Waals surface area contributed by atoms with Crippen molar-refractivity contribution < 1.29 is 40.2 Å². The van der Waals surface area contributed by atoms with Gasteiger partial charge in [-0.25, -0.2) is 0 Å². The Morgan fingerprint density at radius 1 is 0.837 bits per heavy atom. The van der Waals surface area contributed by atoms with Crippen LogP contribution < -0.4 is 4.74 Å². The van der Waals surface area contributed by atoms with Gasteiger partial charge in [0, 0.05) is 17.5 Å². The molecule has 0 spiro atoms. The van der Waals surface area contributed by atoms with E-state index < -0.39 is 23.6 Å². The third kappa shape index (κ3) is 7.96. The minimum Gasteiger partial charge on any atom is -0.508 e. The third-order valence-electron chi connectivity index (χ3n) is 7.07. The minimum absolute atomic E-state index is 0.0165. The number of carbonyl (C=O) groups is 1. The Morgan fingerprint density at radius 2 is 1.42 bits per heavy atom. The molecule has 8 heteroatoms. The maximum atomic E-state index is 13.3. The van der Waals surface area contributed by atoms with Crippen LogP contribution in [0.5, 0.6) is 34.5 Å². The number of aliphatic hydroxyl groups excluding tert-OH is 1. The predicted molar refractivity (Wildman–Crippen MR) is 164 cm³/mol. The largest absolute Gasteiger partial charge is 0.508 e. The molecule has 0 saturated carbocycles. The summed E-state index contributed by atoms with van der Waals surface area (Å²) in [4.78, 5) is 13.3. The van der Waals surface area contributed by atoms with E-state index in [1.807, 2.05) is 0 Å². The molecule has 0 aromatic heterocycles. The molecule has 43 heavy (non-hydrogen) atoms. The number of aliphatic hydroxyl groups is 1. The van der Waals surface area contributed by atoms with Crippen LogP contribution in [-0.4, -0.2) is 49.6 Å². The second-order valence-corrected chi connectivity index (χ2v) is 10.1. The number of allylic oxidation sites excluding steroid dienone is 2. The summed E-state index contributed by atoms with van der Waals surface area (Å²) in [5.41, 5.74) is 2.16. The lowest BCUT2D eigenvalue weighted by Gasteiger charge is -2.20. The van der Waals surface area contributed by atoms with Crippen molar-refractivity contribution in [2.75, 3.05) is 7.11 Å². The van der Waals surface area contributed by atoms with Crippen molar-refractivity contribution in [2.45, 2.75) is 31.3 Å². The lowest BCUT2D eigenvalue weighted by molar-refractivity contribution is 0.104. The lowest BCUT2D eigenvalue weighted by Crippen LogP contribution is -2.08. The summed E-state index contributed by atoms with van der Waals surface area (Å²) in [6.45, 7) is 0. The number of hydrogen-bond donors (Lipinski definition) is 6. The van der Waals surface area contributed by atoms with E-state index >= 15 is 0 Å². The molecule has 0 fully saturated rings. The Kier molecular flexibility index (Phi) is 10.1. The number of rotatable bonds is 12. The molecule has 0 radical (unpaired) electrons. The Hall–Kier alpha value is -5.21. The number of aryl methyl sites for hydroxylation is 1. The number of carbonyl (C=O) groups excluding carboxylic acids is 1. The maximum absolute atomic E-state index is 13.3. The highest BCUT2D eigenvalue weighted by Gasteiger charge is 2.27. The number of benzene rings is 4. The van der Waals surface area contributed by atoms with Crippen LogP contribution in [0.15, 0.2) is 97.1 Å². The van der Waals surface area contributed by atoms with Crippen molar-refractivity contribution in [3.63, 3.8) is 0 Å². The zero-order valence-electron chi connectivity index (χ0n) is 23.6. The molecular weight excluding hydrogens is 548 g/mol. The summed E-state index contributed by atoms with van der Waals surface area (Å²) in [5, 5.41) is 61.9. The van der Waals surface area contributed by atoms with Gasteiger partial charge in [0.05, 0.1) is 13.2 Å². The lowest BCUT2D eigenvalue weighted by atomic mass is 9.86. The highest BCUT2D eigenvalue weighted by molar-refractivity contribution is 6.11. The molecule has 4 aromatic rings. The Balaban J connectivity index is 1.64. The van der Waals surface area contributed by atoms with Crippen LogP contribution in [0, 0.1) is 0 Å². The molecule has 2 atom stereocenters. The number of phenols is 5. The standard InChI is InChI=1S/C35H34O8/c1-43-32-21-31(41)33(35(42)34(32)30(40)20-10-23-8-16-27(38)17-9-23)29(24-11-18-28(39)19-12-24)4-2-3-25(36)13-5-22-6-14-26(37)15-7-22/h2,4,6-12,14-21,25,29,36-39,41-42H,3,5,13H2,1H3/t25-,29+/m1/s1. The topological polar surface area (TPSA) is 148 Å². The van der Waals surface area contributed by atoms with Crippen LogP contribution in [0.4, 0.5) is 0 Å². The van der Waals surface area contributed by atoms with Crippen LogP contribution in [0.1, 0.15) is 51.4 Å². The van der Waals surface area contributed by atoms with E-state index in [1.54, 1.807) is 60.7 Å². The molecule has 0 amide bonds. The van der Waals surface area contributed by atoms with E-state index in [1.165, 1.54) is 49.6 Å². The van der Waals surface area contributed by atoms with Crippen molar-refractivity contribution in [3.8, 4) is 34.5 Å². The minimum atomic E-state index is -0.747. The number of ether oxygens (including phenoxy) is 1. The first-order valence-corrected chi connectivity index (χ1v) is 13.7. The van der Waals surface area contributed by atoms with Crippen molar-refractivity contribution in [2.24, 2.45) is 0 Å². The second kappa shape index (κ2) is 14.1. The molecule has 0 bridgehead atoms. The van der Waals surface area contributed by atoms with Gasteiger partial charge < -0.3 is 35.4 Å². The molecule has 4 aromatic carbocycles. The molecule has 0 aliphatic heterocycles. The van der Waals surface area contributed by atoms with E-state index in [2.05, 4.69) is 0 Å². The highest BCUT2D eigenvalue weighted by atomic mass is 16.5. The van der Waals surface area contributed by atoms with Crippen molar-refractivity contribution >= 4 is 11.9 Å². The summed E-state index contributed by atoms with van der Waals surface area (Å²) < 4.78 is 5.33. The second-order valence-electron chi connectivity index (χ2n) is 10.1. The molecule has 0 unspecified atom stereocenters. The molecule has 6 N–H and O–H groups in total. The van der Waals surface area contributed by atoms with E-state index in [-0.39, 0.29) is 46.3 Å². The zero-order chi connectivity index (χ0) is 30.9. The summed E-state index contributed by atoms with van der Waals surface area (Å²) in [5.74, 6) is -1.80. The molecule has 4 rings (SSSR count). The van der Waals surface area contributed by atoms with Crippen LogP contribution in [0.25, 0.3) is 6.08 Å². The molecule has 0 heterocycles. The average molecular weight is 583 g/mol.